The number of hydrogen-bond donors (Lipinski definition) is 3. The maximum Gasteiger partial charge on any atom is 0.255 e. The van der Waals surface area contributed by atoms with Crippen molar-refractivity contribution >= 4 is 28.9 Å². The van der Waals surface area contributed by atoms with Crippen LogP contribution in [0.3, 0.4) is 0 Å². The van der Waals surface area contributed by atoms with Gasteiger partial charge in [0.2, 0.25) is 5.91 Å². The van der Waals surface area contributed by atoms with E-state index < -0.39 is 0 Å². The zero-order valence-electron chi connectivity index (χ0n) is 11.9. The van der Waals surface area contributed by atoms with Gasteiger partial charge in [-0.15, -0.1) is 0 Å². The van der Waals surface area contributed by atoms with Gasteiger partial charge in [-0.1, -0.05) is 6.07 Å². The molecule has 0 aliphatic carbocycles. The normalized spacial score (nSPS) is 10.0. The fraction of sp³-hybridized carbons (Fsp3) is 0.125. The zero-order chi connectivity index (χ0) is 15.4. The van der Waals surface area contributed by atoms with Crippen LogP contribution in [-0.4, -0.2) is 11.8 Å². The molecule has 4 N–H and O–H groups in total. The van der Waals surface area contributed by atoms with Crippen LogP contribution in [0.1, 0.15) is 22.8 Å². The lowest BCUT2D eigenvalue weighted by molar-refractivity contribution is -0.114. The number of benzene rings is 2. The third kappa shape index (κ3) is 3.82. The van der Waals surface area contributed by atoms with Gasteiger partial charge in [0.05, 0.1) is 0 Å². The highest BCUT2D eigenvalue weighted by Crippen LogP contribution is 2.19. The summed E-state index contributed by atoms with van der Waals surface area (Å²) in [5, 5.41) is 5.47. The van der Waals surface area contributed by atoms with Crippen molar-refractivity contribution in [1.29, 1.82) is 0 Å². The minimum atomic E-state index is -0.241. The van der Waals surface area contributed by atoms with Crippen molar-refractivity contribution in [2.75, 3.05) is 16.4 Å². The summed E-state index contributed by atoms with van der Waals surface area (Å²) in [6, 6.07) is 12.1. The van der Waals surface area contributed by atoms with Crippen molar-refractivity contribution < 1.29 is 9.59 Å². The summed E-state index contributed by atoms with van der Waals surface area (Å²) in [5.74, 6) is -0.419. The number of amides is 2. The highest BCUT2D eigenvalue weighted by molar-refractivity contribution is 6.05. The van der Waals surface area contributed by atoms with Gasteiger partial charge < -0.3 is 16.4 Å². The third-order valence-electron chi connectivity index (χ3n) is 2.94. The van der Waals surface area contributed by atoms with Crippen LogP contribution in [0, 0.1) is 6.92 Å². The molecule has 0 atom stereocenters. The molecule has 2 amide bonds. The molecule has 5 heteroatoms. The maximum atomic E-state index is 12.2. The van der Waals surface area contributed by atoms with Gasteiger partial charge in [0, 0.05) is 29.5 Å². The number of rotatable bonds is 3. The van der Waals surface area contributed by atoms with E-state index in [0.29, 0.717) is 22.6 Å². The molecule has 2 rings (SSSR count). The van der Waals surface area contributed by atoms with E-state index in [0.717, 1.165) is 5.56 Å². The molecule has 0 saturated heterocycles. The van der Waals surface area contributed by atoms with Crippen LogP contribution < -0.4 is 16.4 Å². The second-order valence-corrected chi connectivity index (χ2v) is 4.79. The SMILES string of the molecule is CC(=O)Nc1cccc(C(=O)Nc2ccc(N)cc2C)c1. The molecule has 5 nitrogen and oxygen atoms in total. The zero-order valence-corrected chi connectivity index (χ0v) is 11.9. The van der Waals surface area contributed by atoms with Crippen LogP contribution in [0.4, 0.5) is 17.1 Å². The molecular formula is C16H17N3O2. The third-order valence-corrected chi connectivity index (χ3v) is 2.94. The summed E-state index contributed by atoms with van der Waals surface area (Å²) >= 11 is 0. The minimum absolute atomic E-state index is 0.179. The molecule has 0 radical (unpaired) electrons. The van der Waals surface area contributed by atoms with Crippen molar-refractivity contribution in [1.82, 2.24) is 0 Å². The summed E-state index contributed by atoms with van der Waals surface area (Å²) in [7, 11) is 0. The first-order valence-electron chi connectivity index (χ1n) is 6.51. The molecule has 0 aromatic heterocycles. The van der Waals surface area contributed by atoms with Crippen molar-refractivity contribution in [3.63, 3.8) is 0 Å². The van der Waals surface area contributed by atoms with Crippen molar-refractivity contribution in [2.24, 2.45) is 0 Å². The maximum absolute atomic E-state index is 12.2. The molecule has 0 aliphatic rings. The molecule has 0 heterocycles. The Labute approximate surface area is 123 Å². The first-order chi connectivity index (χ1) is 9.95. The number of hydrogen-bond acceptors (Lipinski definition) is 3. The number of nitrogen functional groups attached to an aromatic ring is 1. The van der Waals surface area contributed by atoms with Crippen molar-refractivity contribution in [2.45, 2.75) is 13.8 Å². The van der Waals surface area contributed by atoms with E-state index in [2.05, 4.69) is 10.6 Å². The Balaban J connectivity index is 2.18. The highest BCUT2D eigenvalue weighted by Gasteiger charge is 2.09. The predicted octanol–water partition coefficient (Wildman–Crippen LogP) is 2.79. The molecule has 21 heavy (non-hydrogen) atoms. The highest BCUT2D eigenvalue weighted by atomic mass is 16.2. The summed E-state index contributed by atoms with van der Waals surface area (Å²) < 4.78 is 0. The van der Waals surface area contributed by atoms with Gasteiger partial charge in [-0.05, 0) is 48.9 Å². The largest absolute Gasteiger partial charge is 0.399 e. The molecule has 0 fully saturated rings. The second-order valence-electron chi connectivity index (χ2n) is 4.79. The van der Waals surface area contributed by atoms with E-state index >= 15 is 0 Å². The van der Waals surface area contributed by atoms with Crippen LogP contribution in [-0.2, 0) is 4.79 Å². The monoisotopic (exact) mass is 283 g/mol. The number of nitrogens with one attached hydrogen (secondary N) is 2. The lowest BCUT2D eigenvalue weighted by Crippen LogP contribution is -2.14. The van der Waals surface area contributed by atoms with Crippen LogP contribution >= 0.6 is 0 Å². The summed E-state index contributed by atoms with van der Waals surface area (Å²) in [6.45, 7) is 3.30. The quantitative estimate of drug-likeness (QED) is 0.757. The van der Waals surface area contributed by atoms with Crippen molar-refractivity contribution in [3.8, 4) is 0 Å². The number of aryl methyl sites for hydroxylation is 1. The van der Waals surface area contributed by atoms with E-state index in [-0.39, 0.29) is 11.8 Å². The standard InChI is InChI=1S/C16H17N3O2/c1-10-8-13(17)6-7-15(10)19-16(21)12-4-3-5-14(9-12)18-11(2)20/h3-9H,17H2,1-2H3,(H,18,20)(H,19,21). The summed E-state index contributed by atoms with van der Waals surface area (Å²) in [6.07, 6.45) is 0. The number of carbonyl (C=O) groups excluding carboxylic acids is 2. The van der Waals surface area contributed by atoms with Gasteiger partial charge in [-0.2, -0.15) is 0 Å². The van der Waals surface area contributed by atoms with Crippen LogP contribution in [0.2, 0.25) is 0 Å². The molecule has 0 aliphatic heterocycles. The average molecular weight is 283 g/mol. The molecular weight excluding hydrogens is 266 g/mol. The Kier molecular flexibility index (Phi) is 4.23. The summed E-state index contributed by atoms with van der Waals surface area (Å²) in [4.78, 5) is 23.3. The number of anilines is 3. The first kappa shape index (κ1) is 14.6. The summed E-state index contributed by atoms with van der Waals surface area (Å²) in [5.41, 5.74) is 8.99. The first-order valence-corrected chi connectivity index (χ1v) is 6.51. The van der Waals surface area contributed by atoms with E-state index in [1.807, 2.05) is 6.92 Å². The topological polar surface area (TPSA) is 84.2 Å². The lowest BCUT2D eigenvalue weighted by atomic mass is 10.1. The van der Waals surface area contributed by atoms with Crippen LogP contribution in [0.15, 0.2) is 42.5 Å². The average Bonchev–Trinajstić information content (AvgIpc) is 2.41. The van der Waals surface area contributed by atoms with Crippen LogP contribution in [0.5, 0.6) is 0 Å². The molecule has 108 valence electrons. The van der Waals surface area contributed by atoms with E-state index in [1.165, 1.54) is 6.92 Å². The van der Waals surface area contributed by atoms with Gasteiger partial charge in [-0.3, -0.25) is 9.59 Å². The lowest BCUT2D eigenvalue weighted by Gasteiger charge is -2.10. The van der Waals surface area contributed by atoms with E-state index in [9.17, 15) is 9.59 Å². The Hall–Kier alpha value is -2.82. The fourth-order valence-electron chi connectivity index (χ4n) is 1.96. The number of carbonyl (C=O) groups is 2. The van der Waals surface area contributed by atoms with Gasteiger partial charge in [0.15, 0.2) is 0 Å². The molecule has 0 saturated carbocycles. The van der Waals surface area contributed by atoms with E-state index in [1.54, 1.807) is 42.5 Å². The Morgan fingerprint density at radius 1 is 1.05 bits per heavy atom. The molecule has 0 spiro atoms. The Morgan fingerprint density at radius 3 is 2.48 bits per heavy atom. The number of nitrogens with two attached hydrogens (primary N) is 1. The van der Waals surface area contributed by atoms with Crippen LogP contribution in [0.25, 0.3) is 0 Å². The molecule has 2 aromatic carbocycles. The second kappa shape index (κ2) is 6.09. The molecule has 0 unspecified atom stereocenters. The van der Waals surface area contributed by atoms with Gasteiger partial charge >= 0.3 is 0 Å². The van der Waals surface area contributed by atoms with Crippen molar-refractivity contribution in [3.05, 3.63) is 53.6 Å². The molecule has 2 aromatic rings. The molecule has 0 bridgehead atoms. The fourth-order valence-corrected chi connectivity index (χ4v) is 1.96. The van der Waals surface area contributed by atoms with Gasteiger partial charge in [0.1, 0.15) is 0 Å². The van der Waals surface area contributed by atoms with Gasteiger partial charge in [0.25, 0.3) is 5.91 Å². The Bertz CT molecular complexity index is 696. The van der Waals surface area contributed by atoms with E-state index in [4.69, 9.17) is 5.73 Å². The smallest absolute Gasteiger partial charge is 0.255 e. The minimum Gasteiger partial charge on any atom is -0.399 e. The Morgan fingerprint density at radius 2 is 1.81 bits per heavy atom. The van der Waals surface area contributed by atoms with Gasteiger partial charge in [-0.25, -0.2) is 0 Å². The predicted molar refractivity (Wildman–Crippen MR) is 84.3 cm³/mol.